The minimum atomic E-state index is -3.00. The molecule has 0 amide bonds. The zero-order valence-corrected chi connectivity index (χ0v) is 18.3. The summed E-state index contributed by atoms with van der Waals surface area (Å²) < 4.78 is 43.7. The van der Waals surface area contributed by atoms with Gasteiger partial charge in [0.1, 0.15) is 5.82 Å². The second-order valence-corrected chi connectivity index (χ2v) is 8.74. The van der Waals surface area contributed by atoms with E-state index in [-0.39, 0.29) is 22.2 Å². The van der Waals surface area contributed by atoms with Crippen molar-refractivity contribution in [1.29, 1.82) is 0 Å². The number of nitrogens with zero attached hydrogens (tertiary/aromatic N) is 1. The lowest BCUT2D eigenvalue weighted by Crippen LogP contribution is -2.47. The molecule has 0 aliphatic carbocycles. The number of alkyl halides is 2. The molecule has 3 aromatic rings. The minimum Gasteiger partial charge on any atom is -0.478 e. The zero-order valence-electron chi connectivity index (χ0n) is 17.5. The number of aromatic amines is 1. The lowest BCUT2D eigenvalue weighted by Gasteiger charge is -2.42. The molecule has 0 saturated heterocycles. The van der Waals surface area contributed by atoms with Crippen LogP contribution < -0.4 is 0 Å². The zero-order chi connectivity index (χ0) is 23.2. The molecule has 2 aromatic carbocycles. The Kier molecular flexibility index (Phi) is 5.81. The Hall–Kier alpha value is -2.77. The number of aliphatic carboxylic acids is 1. The van der Waals surface area contributed by atoms with Crippen molar-refractivity contribution in [3.63, 3.8) is 0 Å². The molecule has 2 N–H and O–H groups in total. The molecular formula is C24H22ClF3N2O2. The summed E-state index contributed by atoms with van der Waals surface area (Å²) in [5.41, 5.74) is 2.80. The van der Waals surface area contributed by atoms with Crippen molar-refractivity contribution in [3.8, 4) is 0 Å². The van der Waals surface area contributed by atoms with Gasteiger partial charge in [-0.2, -0.15) is 0 Å². The molecule has 168 valence electrons. The first-order valence-electron chi connectivity index (χ1n) is 10.2. The van der Waals surface area contributed by atoms with Crippen molar-refractivity contribution in [1.82, 2.24) is 9.88 Å². The van der Waals surface area contributed by atoms with E-state index in [2.05, 4.69) is 4.98 Å². The Morgan fingerprint density at radius 1 is 1.34 bits per heavy atom. The number of para-hydroxylation sites is 1. The topological polar surface area (TPSA) is 56.3 Å². The normalized spacial score (nSPS) is 19.6. The number of carboxylic acid groups (broad SMARTS) is 1. The van der Waals surface area contributed by atoms with E-state index in [1.54, 1.807) is 4.90 Å². The summed E-state index contributed by atoms with van der Waals surface area (Å²) in [5, 5.41) is 9.84. The SMILES string of the molecule is CC1Cc2c([nH]c3ccccc23)[C@@H](c2c(F)cc(/C=C/C(=O)O)cc2Cl)N1CC(C)(F)F. The highest BCUT2D eigenvalue weighted by molar-refractivity contribution is 6.31. The summed E-state index contributed by atoms with van der Waals surface area (Å²) in [6.45, 7) is 2.12. The van der Waals surface area contributed by atoms with Crippen LogP contribution in [-0.4, -0.2) is 39.5 Å². The van der Waals surface area contributed by atoms with Gasteiger partial charge in [-0.15, -0.1) is 0 Å². The molecule has 0 saturated carbocycles. The van der Waals surface area contributed by atoms with Gasteiger partial charge in [-0.25, -0.2) is 18.0 Å². The van der Waals surface area contributed by atoms with E-state index in [0.29, 0.717) is 12.1 Å². The molecule has 32 heavy (non-hydrogen) atoms. The molecule has 2 heterocycles. The number of hydrogen-bond donors (Lipinski definition) is 2. The smallest absolute Gasteiger partial charge is 0.328 e. The molecular weight excluding hydrogens is 441 g/mol. The summed E-state index contributed by atoms with van der Waals surface area (Å²) in [5.74, 6) is -4.86. The van der Waals surface area contributed by atoms with E-state index in [0.717, 1.165) is 29.5 Å². The highest BCUT2D eigenvalue weighted by Gasteiger charge is 2.41. The van der Waals surface area contributed by atoms with Crippen LogP contribution in [0.2, 0.25) is 5.02 Å². The Morgan fingerprint density at radius 3 is 2.72 bits per heavy atom. The van der Waals surface area contributed by atoms with Gasteiger partial charge in [-0.05, 0) is 48.7 Å². The molecule has 0 fully saturated rings. The highest BCUT2D eigenvalue weighted by atomic mass is 35.5. The van der Waals surface area contributed by atoms with E-state index in [1.807, 2.05) is 31.2 Å². The maximum atomic E-state index is 15.4. The van der Waals surface area contributed by atoms with Gasteiger partial charge in [0.25, 0.3) is 5.92 Å². The average Bonchev–Trinajstić information content (AvgIpc) is 3.05. The number of nitrogens with one attached hydrogen (secondary N) is 1. The summed E-state index contributed by atoms with van der Waals surface area (Å²) in [4.78, 5) is 15.7. The maximum Gasteiger partial charge on any atom is 0.328 e. The Bertz CT molecular complexity index is 1190. The minimum absolute atomic E-state index is 0.0446. The summed E-state index contributed by atoms with van der Waals surface area (Å²) >= 11 is 6.48. The van der Waals surface area contributed by atoms with Crippen LogP contribution in [0.5, 0.6) is 0 Å². The number of hydrogen-bond acceptors (Lipinski definition) is 2. The van der Waals surface area contributed by atoms with Gasteiger partial charge in [-0.1, -0.05) is 29.8 Å². The fourth-order valence-corrected chi connectivity index (χ4v) is 4.83. The summed E-state index contributed by atoms with van der Waals surface area (Å²) in [7, 11) is 0. The number of H-pyrrole nitrogens is 1. The van der Waals surface area contributed by atoms with Gasteiger partial charge in [0.15, 0.2) is 0 Å². The molecule has 0 bridgehead atoms. The molecule has 4 rings (SSSR count). The molecule has 8 heteroatoms. The summed E-state index contributed by atoms with van der Waals surface area (Å²) in [6.07, 6.45) is 2.65. The lowest BCUT2D eigenvalue weighted by atomic mass is 9.87. The van der Waals surface area contributed by atoms with Gasteiger partial charge in [-0.3, -0.25) is 4.90 Å². The van der Waals surface area contributed by atoms with Crippen LogP contribution in [0.1, 0.15) is 42.3 Å². The van der Waals surface area contributed by atoms with Crippen LogP contribution >= 0.6 is 11.6 Å². The number of aromatic nitrogens is 1. The molecule has 1 aliphatic heterocycles. The van der Waals surface area contributed by atoms with Crippen molar-refractivity contribution < 1.29 is 23.1 Å². The fraction of sp³-hybridized carbons (Fsp3) is 0.292. The molecule has 0 spiro atoms. The summed E-state index contributed by atoms with van der Waals surface area (Å²) in [6, 6.07) is 9.10. The second kappa shape index (κ2) is 8.30. The molecule has 1 aromatic heterocycles. The number of carboxylic acids is 1. The predicted octanol–water partition coefficient (Wildman–Crippen LogP) is 6.05. The van der Waals surface area contributed by atoms with Crippen molar-refractivity contribution in [2.24, 2.45) is 0 Å². The molecule has 0 radical (unpaired) electrons. The van der Waals surface area contributed by atoms with E-state index >= 15 is 4.39 Å². The first-order chi connectivity index (χ1) is 15.0. The third kappa shape index (κ3) is 4.27. The predicted molar refractivity (Wildman–Crippen MR) is 119 cm³/mol. The van der Waals surface area contributed by atoms with Crippen molar-refractivity contribution >= 4 is 34.5 Å². The Morgan fingerprint density at radius 2 is 2.06 bits per heavy atom. The first-order valence-corrected chi connectivity index (χ1v) is 10.6. The van der Waals surface area contributed by atoms with Gasteiger partial charge in [0, 0.05) is 46.2 Å². The standard InChI is InChI=1S/C24H22ClF3N2O2/c1-13-9-16-15-5-3-4-6-19(15)29-22(16)23(30(13)12-24(2,27)28)21-17(25)10-14(11-18(21)26)7-8-20(31)32/h3-8,10-11,13,23,29H,9,12H2,1-2H3,(H,31,32)/b8-7+/t13?,23-/m1/s1. The number of carbonyl (C=O) groups is 1. The van der Waals surface area contributed by atoms with Crippen LogP contribution in [0.15, 0.2) is 42.5 Å². The highest BCUT2D eigenvalue weighted by Crippen LogP contribution is 2.44. The van der Waals surface area contributed by atoms with E-state index in [1.165, 1.54) is 18.2 Å². The van der Waals surface area contributed by atoms with Crippen molar-refractivity contribution in [2.45, 2.75) is 38.3 Å². The van der Waals surface area contributed by atoms with E-state index < -0.39 is 30.3 Å². The van der Waals surface area contributed by atoms with Crippen molar-refractivity contribution in [2.75, 3.05) is 6.54 Å². The van der Waals surface area contributed by atoms with Crippen LogP contribution in [0.4, 0.5) is 13.2 Å². The Labute approximate surface area is 188 Å². The molecule has 1 unspecified atom stereocenters. The van der Waals surface area contributed by atoms with Crippen LogP contribution in [-0.2, 0) is 11.2 Å². The van der Waals surface area contributed by atoms with Crippen LogP contribution in [0.25, 0.3) is 17.0 Å². The van der Waals surface area contributed by atoms with Gasteiger partial charge in [0.05, 0.1) is 12.6 Å². The van der Waals surface area contributed by atoms with Crippen molar-refractivity contribution in [3.05, 3.63) is 75.7 Å². The average molecular weight is 463 g/mol. The largest absolute Gasteiger partial charge is 0.478 e. The maximum absolute atomic E-state index is 15.4. The number of fused-ring (bicyclic) bond motifs is 3. The van der Waals surface area contributed by atoms with E-state index in [4.69, 9.17) is 16.7 Å². The van der Waals surface area contributed by atoms with Gasteiger partial charge in [0.2, 0.25) is 0 Å². The fourth-order valence-electron chi connectivity index (χ4n) is 4.51. The number of halogens is 4. The molecule has 1 aliphatic rings. The van der Waals surface area contributed by atoms with Gasteiger partial charge < -0.3 is 10.1 Å². The molecule has 2 atom stereocenters. The lowest BCUT2D eigenvalue weighted by molar-refractivity contribution is -0.131. The third-order valence-electron chi connectivity index (χ3n) is 5.77. The Balaban J connectivity index is 1.92. The van der Waals surface area contributed by atoms with E-state index in [9.17, 15) is 13.6 Å². The first kappa shape index (κ1) is 22.4. The number of rotatable bonds is 5. The monoisotopic (exact) mass is 462 g/mol. The van der Waals surface area contributed by atoms with Crippen LogP contribution in [0.3, 0.4) is 0 Å². The van der Waals surface area contributed by atoms with Gasteiger partial charge >= 0.3 is 5.97 Å². The third-order valence-corrected chi connectivity index (χ3v) is 6.08. The quantitative estimate of drug-likeness (QED) is 0.454. The second-order valence-electron chi connectivity index (χ2n) is 8.33. The number of benzene rings is 2. The van der Waals surface area contributed by atoms with Crippen LogP contribution in [0, 0.1) is 5.82 Å². The molecule has 4 nitrogen and oxygen atoms in total.